The lowest BCUT2D eigenvalue weighted by Crippen LogP contribution is -2.36. The van der Waals surface area contributed by atoms with Gasteiger partial charge >= 0.3 is 0 Å². The van der Waals surface area contributed by atoms with Crippen molar-refractivity contribution >= 4 is 35.6 Å². The molecule has 0 atom stereocenters. The highest BCUT2D eigenvalue weighted by molar-refractivity contribution is 14.0. The minimum atomic E-state index is 0. The van der Waals surface area contributed by atoms with E-state index in [4.69, 9.17) is 14.2 Å². The summed E-state index contributed by atoms with van der Waals surface area (Å²) in [4.78, 5) is 4.33. The Morgan fingerprint density at radius 3 is 2.41 bits per heavy atom. The zero-order valence-corrected chi connectivity index (χ0v) is 21.9. The van der Waals surface area contributed by atoms with Crippen LogP contribution in [-0.2, 0) is 22.6 Å². The Hall–Kier alpha value is -2.04. The normalized spacial score (nSPS) is 10.9. The third kappa shape index (κ3) is 10.5. The Labute approximate surface area is 209 Å². The van der Waals surface area contributed by atoms with Gasteiger partial charge in [-0.05, 0) is 43.2 Å². The predicted molar refractivity (Wildman–Crippen MR) is 142 cm³/mol. The van der Waals surface area contributed by atoms with Crippen LogP contribution >= 0.6 is 24.0 Å². The molecule has 2 aromatic carbocycles. The maximum absolute atomic E-state index is 5.92. The minimum absolute atomic E-state index is 0. The van der Waals surface area contributed by atoms with Gasteiger partial charge in [0, 0.05) is 51.6 Å². The monoisotopic (exact) mass is 556 g/mol. The summed E-state index contributed by atoms with van der Waals surface area (Å²) in [6.07, 6.45) is 0. The Morgan fingerprint density at radius 1 is 0.969 bits per heavy atom. The van der Waals surface area contributed by atoms with Crippen LogP contribution in [0, 0.1) is 6.92 Å². The molecule has 0 saturated heterocycles. The lowest BCUT2D eigenvalue weighted by Gasteiger charge is -2.16. The van der Waals surface area contributed by atoms with Crippen molar-refractivity contribution in [3.63, 3.8) is 0 Å². The van der Waals surface area contributed by atoms with E-state index < -0.39 is 0 Å². The zero-order chi connectivity index (χ0) is 22.3. The van der Waals surface area contributed by atoms with Gasteiger partial charge in [0.2, 0.25) is 0 Å². The van der Waals surface area contributed by atoms with Crippen LogP contribution < -0.4 is 20.7 Å². The molecule has 0 aliphatic heterocycles. The molecule has 8 heteroatoms. The molecule has 2 rings (SSSR count). The second-order valence-corrected chi connectivity index (χ2v) is 7.05. The molecule has 3 N–H and O–H groups in total. The lowest BCUT2D eigenvalue weighted by atomic mass is 10.1. The Bertz CT molecular complexity index is 800. The van der Waals surface area contributed by atoms with Gasteiger partial charge in [-0.25, -0.2) is 0 Å². The van der Waals surface area contributed by atoms with Crippen molar-refractivity contribution in [2.75, 3.05) is 52.4 Å². The first-order valence-corrected chi connectivity index (χ1v) is 10.7. The van der Waals surface area contributed by atoms with E-state index in [-0.39, 0.29) is 24.0 Å². The molecule has 7 nitrogen and oxygen atoms in total. The van der Waals surface area contributed by atoms with Gasteiger partial charge < -0.3 is 30.2 Å². The highest BCUT2D eigenvalue weighted by Gasteiger charge is 2.06. The number of guanidine groups is 1. The number of aryl methyl sites for hydroxylation is 1. The number of halogens is 1. The zero-order valence-electron chi connectivity index (χ0n) is 19.6. The molecule has 0 aromatic heterocycles. The molecular formula is C24H37IN4O3. The maximum atomic E-state index is 5.92. The summed E-state index contributed by atoms with van der Waals surface area (Å²) in [6, 6.07) is 14.6. The number of nitrogens with one attached hydrogen (secondary N) is 3. The molecule has 0 aliphatic carbocycles. The Balaban J connectivity index is 0.00000512. The van der Waals surface area contributed by atoms with Gasteiger partial charge in [-0.3, -0.25) is 4.99 Å². The summed E-state index contributed by atoms with van der Waals surface area (Å²) in [5.41, 5.74) is 4.50. The van der Waals surface area contributed by atoms with Crippen LogP contribution in [0.5, 0.6) is 5.75 Å². The van der Waals surface area contributed by atoms with Crippen LogP contribution in [0.4, 0.5) is 5.69 Å². The number of benzene rings is 2. The first kappa shape index (κ1) is 28.0. The van der Waals surface area contributed by atoms with Crippen molar-refractivity contribution in [2.24, 2.45) is 4.99 Å². The summed E-state index contributed by atoms with van der Waals surface area (Å²) >= 11 is 0. The molecule has 0 aliphatic rings. The lowest BCUT2D eigenvalue weighted by molar-refractivity contribution is 0.110. The fraction of sp³-hybridized carbons (Fsp3) is 0.458. The van der Waals surface area contributed by atoms with Crippen LogP contribution in [0.2, 0.25) is 0 Å². The van der Waals surface area contributed by atoms with E-state index in [1.54, 1.807) is 14.2 Å². The van der Waals surface area contributed by atoms with Crippen LogP contribution in [0.3, 0.4) is 0 Å². The standard InChI is InChI=1S/C24H36N4O3.HI/c1-5-30-14-15-31-23-16-19(2)6-9-21(23)18-28-24(25-3)27-17-20-7-10-22(11-8-20)26-12-13-29-4;/h6-11,16,26H,5,12-15,17-18H2,1-4H3,(H2,25,27,28);1H. The molecule has 2 aromatic rings. The molecule has 0 fully saturated rings. The molecule has 0 radical (unpaired) electrons. The smallest absolute Gasteiger partial charge is 0.191 e. The van der Waals surface area contributed by atoms with E-state index in [0.29, 0.717) is 39.5 Å². The van der Waals surface area contributed by atoms with Crippen molar-refractivity contribution in [3.8, 4) is 5.75 Å². The van der Waals surface area contributed by atoms with Gasteiger partial charge in [0.05, 0.1) is 13.2 Å². The topological polar surface area (TPSA) is 76.1 Å². The Morgan fingerprint density at radius 2 is 1.72 bits per heavy atom. The van der Waals surface area contributed by atoms with Crippen molar-refractivity contribution in [1.29, 1.82) is 0 Å². The molecule has 32 heavy (non-hydrogen) atoms. The van der Waals surface area contributed by atoms with Crippen LogP contribution in [0.1, 0.15) is 23.6 Å². The van der Waals surface area contributed by atoms with Crippen molar-refractivity contribution in [2.45, 2.75) is 26.9 Å². The molecule has 0 spiro atoms. The number of hydrogen-bond acceptors (Lipinski definition) is 5. The number of rotatable bonds is 13. The molecule has 0 saturated carbocycles. The predicted octanol–water partition coefficient (Wildman–Crippen LogP) is 3.95. The summed E-state index contributed by atoms with van der Waals surface area (Å²) < 4.78 is 16.3. The third-order valence-electron chi connectivity index (χ3n) is 4.63. The van der Waals surface area contributed by atoms with Gasteiger partial charge in [-0.15, -0.1) is 24.0 Å². The summed E-state index contributed by atoms with van der Waals surface area (Å²) in [7, 11) is 3.47. The molecule has 0 unspecified atom stereocenters. The molecular weight excluding hydrogens is 519 g/mol. The van der Waals surface area contributed by atoms with Crippen molar-refractivity contribution in [1.82, 2.24) is 10.6 Å². The number of nitrogens with zero attached hydrogens (tertiary/aromatic N) is 1. The largest absolute Gasteiger partial charge is 0.491 e. The van der Waals surface area contributed by atoms with Gasteiger partial charge in [-0.1, -0.05) is 24.3 Å². The van der Waals surface area contributed by atoms with Crippen LogP contribution in [0.25, 0.3) is 0 Å². The summed E-state index contributed by atoms with van der Waals surface area (Å²) in [5.74, 6) is 1.61. The number of hydrogen-bond donors (Lipinski definition) is 3. The highest BCUT2D eigenvalue weighted by Crippen LogP contribution is 2.20. The molecule has 178 valence electrons. The van der Waals surface area contributed by atoms with Crippen molar-refractivity contribution in [3.05, 3.63) is 59.2 Å². The molecule has 0 amide bonds. The fourth-order valence-electron chi connectivity index (χ4n) is 2.92. The quantitative estimate of drug-likeness (QED) is 0.150. The second kappa shape index (κ2) is 16.6. The van der Waals surface area contributed by atoms with E-state index in [1.807, 2.05) is 6.92 Å². The van der Waals surface area contributed by atoms with E-state index in [0.717, 1.165) is 35.1 Å². The number of ether oxygens (including phenoxy) is 3. The first-order valence-electron chi connectivity index (χ1n) is 10.7. The van der Waals surface area contributed by atoms with E-state index in [2.05, 4.69) is 70.3 Å². The fourth-order valence-corrected chi connectivity index (χ4v) is 2.92. The number of aliphatic imine (C=N–C) groups is 1. The van der Waals surface area contributed by atoms with Gasteiger partial charge in [0.15, 0.2) is 5.96 Å². The number of anilines is 1. The Kier molecular flexibility index (Phi) is 14.5. The van der Waals surface area contributed by atoms with Gasteiger partial charge in [0.1, 0.15) is 12.4 Å². The maximum Gasteiger partial charge on any atom is 0.191 e. The second-order valence-electron chi connectivity index (χ2n) is 7.05. The SMILES string of the molecule is CCOCCOc1cc(C)ccc1CNC(=NC)NCc1ccc(NCCOC)cc1.I. The average molecular weight is 556 g/mol. The first-order chi connectivity index (χ1) is 15.2. The molecule has 0 heterocycles. The summed E-state index contributed by atoms with van der Waals surface area (Å²) in [5, 5.41) is 10.0. The van der Waals surface area contributed by atoms with Crippen molar-refractivity contribution < 1.29 is 14.2 Å². The van der Waals surface area contributed by atoms with E-state index in [9.17, 15) is 0 Å². The average Bonchev–Trinajstić information content (AvgIpc) is 2.79. The van der Waals surface area contributed by atoms with Gasteiger partial charge in [0.25, 0.3) is 0 Å². The number of methoxy groups -OCH3 is 1. The van der Waals surface area contributed by atoms with Gasteiger partial charge in [-0.2, -0.15) is 0 Å². The van der Waals surface area contributed by atoms with E-state index in [1.165, 1.54) is 5.56 Å². The van der Waals surface area contributed by atoms with Crippen LogP contribution in [0.15, 0.2) is 47.5 Å². The molecule has 0 bridgehead atoms. The third-order valence-corrected chi connectivity index (χ3v) is 4.63. The van der Waals surface area contributed by atoms with E-state index >= 15 is 0 Å². The van der Waals surface area contributed by atoms with Crippen LogP contribution in [-0.4, -0.2) is 53.1 Å². The highest BCUT2D eigenvalue weighted by atomic mass is 127. The minimum Gasteiger partial charge on any atom is -0.491 e. The summed E-state index contributed by atoms with van der Waals surface area (Å²) in [6.45, 7) is 8.64.